The van der Waals surface area contributed by atoms with Gasteiger partial charge in [-0.1, -0.05) is 17.7 Å². The van der Waals surface area contributed by atoms with Gasteiger partial charge in [-0.15, -0.1) is 11.3 Å². The number of amides is 1. The van der Waals surface area contributed by atoms with Crippen LogP contribution in [0.15, 0.2) is 28.5 Å². The molecule has 3 rings (SSSR count). The van der Waals surface area contributed by atoms with E-state index >= 15 is 0 Å². The highest BCUT2D eigenvalue weighted by Crippen LogP contribution is 2.33. The molecule has 1 aliphatic heterocycles. The number of hydrogen-bond acceptors (Lipinski definition) is 6. The van der Waals surface area contributed by atoms with Gasteiger partial charge in [-0.05, 0) is 49.7 Å². The van der Waals surface area contributed by atoms with Crippen molar-refractivity contribution < 1.29 is 13.2 Å². The number of hydrazine groups is 1. The Kier molecular flexibility index (Phi) is 7.53. The van der Waals surface area contributed by atoms with Gasteiger partial charge >= 0.3 is 0 Å². The second-order valence-electron chi connectivity index (χ2n) is 7.22. The molecule has 0 radical (unpaired) electrons. The number of aromatic nitrogens is 1. The number of piperidine rings is 1. The standard InChI is InChI=1S/C19H24ClN5O3S3/c1-12-4-5-14(10-15(12)20)31(27,28)25-8-6-13(7-9-25)18-22-16(11-30-18)17(26)23-24(3)19(29)21-2/h4-5,10-11,13H,6-9H2,1-3H3,(H,21,29)(H,23,26). The molecule has 1 aromatic carbocycles. The van der Waals surface area contributed by atoms with Crippen LogP contribution in [0.4, 0.5) is 0 Å². The summed E-state index contributed by atoms with van der Waals surface area (Å²) in [4.78, 5) is 17.0. The molecule has 2 heterocycles. The van der Waals surface area contributed by atoms with Crippen molar-refractivity contribution >= 4 is 56.2 Å². The van der Waals surface area contributed by atoms with Crippen molar-refractivity contribution in [3.8, 4) is 0 Å². The van der Waals surface area contributed by atoms with E-state index in [0.717, 1.165) is 10.6 Å². The van der Waals surface area contributed by atoms with Crippen molar-refractivity contribution in [2.45, 2.75) is 30.6 Å². The zero-order chi connectivity index (χ0) is 22.8. The van der Waals surface area contributed by atoms with Crippen LogP contribution in [0.2, 0.25) is 5.02 Å². The molecule has 168 valence electrons. The molecule has 0 unspecified atom stereocenters. The summed E-state index contributed by atoms with van der Waals surface area (Å²) in [7, 11) is -0.282. The SMILES string of the molecule is CNC(=S)N(C)NC(=O)c1csc(C2CCN(S(=O)(=O)c3ccc(C)c(Cl)c3)CC2)n1. The van der Waals surface area contributed by atoms with Gasteiger partial charge in [0, 0.05) is 43.5 Å². The maximum absolute atomic E-state index is 13.0. The summed E-state index contributed by atoms with van der Waals surface area (Å²) < 4.78 is 27.4. The van der Waals surface area contributed by atoms with Gasteiger partial charge < -0.3 is 5.32 Å². The lowest BCUT2D eigenvalue weighted by molar-refractivity contribution is 0.0882. The van der Waals surface area contributed by atoms with E-state index < -0.39 is 10.0 Å². The Morgan fingerprint density at radius 2 is 2.03 bits per heavy atom. The largest absolute Gasteiger partial charge is 0.364 e. The lowest BCUT2D eigenvalue weighted by Crippen LogP contribution is -2.47. The Morgan fingerprint density at radius 1 is 1.35 bits per heavy atom. The number of carbonyl (C=O) groups excluding carboxylic acids is 1. The third-order valence-electron chi connectivity index (χ3n) is 5.13. The summed E-state index contributed by atoms with van der Waals surface area (Å²) in [6.07, 6.45) is 1.27. The molecule has 0 aliphatic carbocycles. The van der Waals surface area contributed by atoms with E-state index in [4.69, 9.17) is 23.8 Å². The van der Waals surface area contributed by atoms with E-state index in [0.29, 0.717) is 41.8 Å². The van der Waals surface area contributed by atoms with E-state index in [-0.39, 0.29) is 16.7 Å². The van der Waals surface area contributed by atoms with E-state index in [9.17, 15) is 13.2 Å². The van der Waals surface area contributed by atoms with E-state index in [1.54, 1.807) is 31.6 Å². The van der Waals surface area contributed by atoms with Crippen molar-refractivity contribution in [2.24, 2.45) is 0 Å². The van der Waals surface area contributed by atoms with Gasteiger partial charge in [0.2, 0.25) is 10.0 Å². The van der Waals surface area contributed by atoms with E-state index in [1.165, 1.54) is 26.7 Å². The zero-order valence-electron chi connectivity index (χ0n) is 17.4. The molecule has 0 spiro atoms. The van der Waals surface area contributed by atoms with Gasteiger partial charge in [0.15, 0.2) is 5.11 Å². The molecule has 2 N–H and O–H groups in total. The summed E-state index contributed by atoms with van der Waals surface area (Å²) in [5.41, 5.74) is 3.80. The van der Waals surface area contributed by atoms with Crippen LogP contribution < -0.4 is 10.7 Å². The van der Waals surface area contributed by atoms with Crippen molar-refractivity contribution in [3.63, 3.8) is 0 Å². The lowest BCUT2D eigenvalue weighted by Gasteiger charge is -2.30. The van der Waals surface area contributed by atoms with Crippen LogP contribution in [0, 0.1) is 6.92 Å². The van der Waals surface area contributed by atoms with Crippen molar-refractivity contribution in [3.05, 3.63) is 44.9 Å². The molecule has 8 nitrogen and oxygen atoms in total. The molecule has 0 bridgehead atoms. The summed E-state index contributed by atoms with van der Waals surface area (Å²) in [5, 5.41) is 7.55. The van der Waals surface area contributed by atoms with E-state index in [2.05, 4.69) is 15.7 Å². The monoisotopic (exact) mass is 501 g/mol. The molecule has 12 heteroatoms. The molecule has 0 saturated carbocycles. The fourth-order valence-corrected chi connectivity index (χ4v) is 5.99. The first-order valence-electron chi connectivity index (χ1n) is 9.61. The number of thiocarbonyl (C=S) groups is 1. The first-order chi connectivity index (χ1) is 14.6. The number of benzene rings is 1. The van der Waals surface area contributed by atoms with Crippen LogP contribution in [0.1, 0.15) is 39.8 Å². The van der Waals surface area contributed by atoms with Crippen LogP contribution in [-0.4, -0.2) is 60.9 Å². The van der Waals surface area contributed by atoms with Gasteiger partial charge in [-0.3, -0.25) is 15.2 Å². The quantitative estimate of drug-likeness (QED) is 0.491. The number of halogens is 1. The van der Waals surface area contributed by atoms with Gasteiger partial charge in [0.25, 0.3) is 5.91 Å². The number of carbonyl (C=O) groups is 1. The minimum absolute atomic E-state index is 0.107. The predicted octanol–water partition coefficient (Wildman–Crippen LogP) is 2.75. The molecular weight excluding hydrogens is 478 g/mol. The highest BCUT2D eigenvalue weighted by atomic mass is 35.5. The highest BCUT2D eigenvalue weighted by Gasteiger charge is 2.31. The normalized spacial score (nSPS) is 15.5. The number of nitrogens with zero attached hydrogens (tertiary/aromatic N) is 3. The molecule has 1 aliphatic rings. The number of hydrogen-bond donors (Lipinski definition) is 2. The number of nitrogens with one attached hydrogen (secondary N) is 2. The maximum Gasteiger partial charge on any atom is 0.289 e. The Balaban J connectivity index is 1.63. The number of rotatable bonds is 4. The molecule has 31 heavy (non-hydrogen) atoms. The fraction of sp³-hybridized carbons (Fsp3) is 0.421. The third-order valence-corrected chi connectivity index (χ3v) is 8.91. The average molecular weight is 502 g/mol. The summed E-state index contributed by atoms with van der Waals surface area (Å²) >= 11 is 12.6. The number of aryl methyl sites for hydroxylation is 1. The van der Waals surface area contributed by atoms with Crippen molar-refractivity contribution in [1.29, 1.82) is 0 Å². The topological polar surface area (TPSA) is 94.6 Å². The Bertz CT molecular complexity index is 1080. The highest BCUT2D eigenvalue weighted by molar-refractivity contribution is 7.89. The van der Waals surface area contributed by atoms with Gasteiger partial charge in [0.05, 0.1) is 9.90 Å². The maximum atomic E-state index is 13.0. The van der Waals surface area contributed by atoms with Crippen molar-refractivity contribution in [2.75, 3.05) is 27.2 Å². The Morgan fingerprint density at radius 3 is 2.65 bits per heavy atom. The first kappa shape index (κ1) is 23.9. The van der Waals surface area contributed by atoms with Crippen LogP contribution in [0.3, 0.4) is 0 Å². The van der Waals surface area contributed by atoms with Crippen LogP contribution >= 0.6 is 35.2 Å². The van der Waals surface area contributed by atoms with Crippen molar-refractivity contribution in [1.82, 2.24) is 25.0 Å². The lowest BCUT2D eigenvalue weighted by atomic mass is 9.99. The summed E-state index contributed by atoms with van der Waals surface area (Å²) in [6, 6.07) is 4.80. The van der Waals surface area contributed by atoms with Gasteiger partial charge in [0.1, 0.15) is 5.69 Å². The second-order valence-corrected chi connectivity index (χ2v) is 10.8. The number of thiazole rings is 1. The molecule has 1 fully saturated rings. The second kappa shape index (κ2) is 9.78. The summed E-state index contributed by atoms with van der Waals surface area (Å²) in [6.45, 7) is 2.61. The van der Waals surface area contributed by atoms with Gasteiger partial charge in [-0.2, -0.15) is 4.31 Å². The summed E-state index contributed by atoms with van der Waals surface area (Å²) in [5.74, 6) is -0.241. The minimum Gasteiger partial charge on any atom is -0.364 e. The van der Waals surface area contributed by atoms with Gasteiger partial charge in [-0.25, -0.2) is 13.4 Å². The van der Waals surface area contributed by atoms with Crippen LogP contribution in [0.5, 0.6) is 0 Å². The predicted molar refractivity (Wildman–Crippen MR) is 126 cm³/mol. The molecule has 1 aromatic heterocycles. The fourth-order valence-electron chi connectivity index (χ4n) is 3.23. The molecule has 2 aromatic rings. The van der Waals surface area contributed by atoms with Crippen LogP contribution in [-0.2, 0) is 10.0 Å². The third kappa shape index (κ3) is 5.35. The average Bonchev–Trinajstić information content (AvgIpc) is 3.25. The minimum atomic E-state index is -3.60. The molecular formula is C19H24ClN5O3S3. The molecule has 1 amide bonds. The molecule has 0 atom stereocenters. The Hall–Kier alpha value is -1.79. The Labute approximate surface area is 196 Å². The smallest absolute Gasteiger partial charge is 0.289 e. The first-order valence-corrected chi connectivity index (χ1v) is 12.7. The zero-order valence-corrected chi connectivity index (χ0v) is 20.6. The van der Waals surface area contributed by atoms with Crippen LogP contribution in [0.25, 0.3) is 0 Å². The van der Waals surface area contributed by atoms with E-state index in [1.807, 2.05) is 6.92 Å². The number of sulfonamides is 1. The molecule has 1 saturated heterocycles.